The molecule has 1 aromatic rings. The van der Waals surface area contributed by atoms with Gasteiger partial charge in [-0.15, -0.1) is 0 Å². The number of sulfone groups is 1. The third kappa shape index (κ3) is 7.21. The molecule has 0 radical (unpaired) electrons. The molecule has 0 fully saturated rings. The second-order valence-corrected chi connectivity index (χ2v) is 6.65. The monoisotopic (exact) mass is 312 g/mol. The Kier molecular flexibility index (Phi) is 6.04. The van der Waals surface area contributed by atoms with Crippen molar-refractivity contribution in [3.8, 4) is 0 Å². The molecule has 0 atom stereocenters. The van der Waals surface area contributed by atoms with E-state index in [0.717, 1.165) is 12.3 Å². The molecule has 1 aromatic heterocycles. The van der Waals surface area contributed by atoms with Crippen molar-refractivity contribution in [2.24, 2.45) is 0 Å². The number of pyridine rings is 1. The highest BCUT2D eigenvalue weighted by molar-refractivity contribution is 7.90. The molecule has 114 valence electrons. The lowest BCUT2D eigenvalue weighted by molar-refractivity contribution is -0.131. The van der Waals surface area contributed by atoms with Crippen LogP contribution >= 0.6 is 0 Å². The maximum absolute atomic E-state index is 11.7. The summed E-state index contributed by atoms with van der Waals surface area (Å²) in [4.78, 5) is 26.0. The Balaban J connectivity index is 2.50. The topological polar surface area (TPSA) is 113 Å². The number of nitrogens with zero attached hydrogens (tertiary/aromatic N) is 1. The minimum atomic E-state index is -3.03. The standard InChI is InChI=1S/C13H16N2O5S/c1-21(19,20)8-2-7-14-13(18)11-5-3-10(9-15-11)4-6-12(16)17/h3-6,9H,2,7-8H2,1H3,(H,14,18)(H,16,17). The Morgan fingerprint density at radius 3 is 2.62 bits per heavy atom. The maximum Gasteiger partial charge on any atom is 0.328 e. The number of amides is 1. The van der Waals surface area contributed by atoms with Gasteiger partial charge in [-0.3, -0.25) is 9.78 Å². The Bertz CT molecular complexity index is 635. The van der Waals surface area contributed by atoms with Gasteiger partial charge in [-0.1, -0.05) is 6.07 Å². The third-order valence-corrected chi connectivity index (χ3v) is 3.45. The van der Waals surface area contributed by atoms with Gasteiger partial charge in [0.15, 0.2) is 0 Å². The molecule has 0 unspecified atom stereocenters. The molecule has 0 aliphatic rings. The van der Waals surface area contributed by atoms with Crippen molar-refractivity contribution in [1.82, 2.24) is 10.3 Å². The van der Waals surface area contributed by atoms with Crippen molar-refractivity contribution >= 4 is 27.8 Å². The van der Waals surface area contributed by atoms with Gasteiger partial charge in [-0.05, 0) is 24.1 Å². The van der Waals surface area contributed by atoms with Crippen molar-refractivity contribution in [1.29, 1.82) is 0 Å². The molecule has 2 N–H and O–H groups in total. The maximum atomic E-state index is 11.7. The van der Waals surface area contributed by atoms with Crippen LogP contribution in [-0.2, 0) is 14.6 Å². The molecule has 1 rings (SSSR count). The Morgan fingerprint density at radius 1 is 1.38 bits per heavy atom. The van der Waals surface area contributed by atoms with Gasteiger partial charge in [-0.25, -0.2) is 13.2 Å². The third-order valence-electron chi connectivity index (χ3n) is 2.41. The van der Waals surface area contributed by atoms with Crippen LogP contribution < -0.4 is 5.32 Å². The predicted molar refractivity (Wildman–Crippen MR) is 77.6 cm³/mol. The smallest absolute Gasteiger partial charge is 0.328 e. The number of carboxylic acids is 1. The summed E-state index contributed by atoms with van der Waals surface area (Å²) in [6, 6.07) is 3.03. The van der Waals surface area contributed by atoms with E-state index in [-0.39, 0.29) is 18.0 Å². The van der Waals surface area contributed by atoms with E-state index in [1.807, 2.05) is 0 Å². The van der Waals surface area contributed by atoms with E-state index in [4.69, 9.17) is 5.11 Å². The van der Waals surface area contributed by atoms with Gasteiger partial charge in [0.25, 0.3) is 5.91 Å². The molecule has 1 amide bonds. The number of aromatic nitrogens is 1. The lowest BCUT2D eigenvalue weighted by atomic mass is 10.2. The van der Waals surface area contributed by atoms with E-state index in [2.05, 4.69) is 10.3 Å². The summed E-state index contributed by atoms with van der Waals surface area (Å²) in [5.41, 5.74) is 0.743. The van der Waals surface area contributed by atoms with Gasteiger partial charge in [0.05, 0.1) is 5.75 Å². The molecule has 7 nitrogen and oxygen atoms in total. The minimum Gasteiger partial charge on any atom is -0.478 e. The Morgan fingerprint density at radius 2 is 2.10 bits per heavy atom. The fourth-order valence-electron chi connectivity index (χ4n) is 1.43. The van der Waals surface area contributed by atoms with Crippen molar-refractivity contribution in [2.75, 3.05) is 18.6 Å². The van der Waals surface area contributed by atoms with Crippen LogP contribution in [0.5, 0.6) is 0 Å². The van der Waals surface area contributed by atoms with E-state index in [1.165, 1.54) is 18.3 Å². The average molecular weight is 312 g/mol. The first-order chi connectivity index (χ1) is 9.78. The summed E-state index contributed by atoms with van der Waals surface area (Å²) in [6.45, 7) is 0.244. The highest BCUT2D eigenvalue weighted by atomic mass is 32.2. The van der Waals surface area contributed by atoms with Gasteiger partial charge in [0.1, 0.15) is 15.5 Å². The van der Waals surface area contributed by atoms with Crippen LogP contribution in [0.15, 0.2) is 24.4 Å². The first-order valence-electron chi connectivity index (χ1n) is 6.11. The quantitative estimate of drug-likeness (QED) is 0.554. The molecular formula is C13H16N2O5S. The summed E-state index contributed by atoms with van der Waals surface area (Å²) in [6.07, 6.45) is 5.19. The molecule has 0 saturated carbocycles. The molecule has 0 aliphatic carbocycles. The molecule has 21 heavy (non-hydrogen) atoms. The number of carbonyl (C=O) groups is 2. The Labute approximate surface area is 122 Å². The van der Waals surface area contributed by atoms with Crippen LogP contribution in [-0.4, -0.2) is 48.9 Å². The SMILES string of the molecule is CS(=O)(=O)CCCNC(=O)c1ccc(C=CC(=O)O)cn1. The summed E-state index contributed by atoms with van der Waals surface area (Å²) in [5, 5.41) is 11.0. The predicted octanol–water partition coefficient (Wildman–Crippen LogP) is 0.344. The number of nitrogens with one attached hydrogen (secondary N) is 1. The zero-order valence-corrected chi connectivity index (χ0v) is 12.3. The van der Waals surface area contributed by atoms with Gasteiger partial charge < -0.3 is 10.4 Å². The van der Waals surface area contributed by atoms with E-state index >= 15 is 0 Å². The van der Waals surface area contributed by atoms with Gasteiger partial charge in [-0.2, -0.15) is 0 Å². The zero-order chi connectivity index (χ0) is 15.9. The van der Waals surface area contributed by atoms with Crippen LogP contribution in [0.2, 0.25) is 0 Å². The average Bonchev–Trinajstić information content (AvgIpc) is 2.40. The number of aliphatic carboxylic acids is 1. The van der Waals surface area contributed by atoms with Crippen molar-refractivity contribution < 1.29 is 23.1 Å². The lowest BCUT2D eigenvalue weighted by Crippen LogP contribution is -2.26. The van der Waals surface area contributed by atoms with Crippen molar-refractivity contribution in [2.45, 2.75) is 6.42 Å². The molecule has 0 bridgehead atoms. The summed E-state index contributed by atoms with van der Waals surface area (Å²) < 4.78 is 21.8. The molecular weight excluding hydrogens is 296 g/mol. The number of rotatable bonds is 7. The largest absolute Gasteiger partial charge is 0.478 e. The second-order valence-electron chi connectivity index (χ2n) is 4.39. The summed E-state index contributed by atoms with van der Waals surface area (Å²) >= 11 is 0. The lowest BCUT2D eigenvalue weighted by Gasteiger charge is -2.04. The fourth-order valence-corrected chi connectivity index (χ4v) is 2.10. The molecule has 0 spiro atoms. The van der Waals surface area contributed by atoms with Crippen LogP contribution in [0.4, 0.5) is 0 Å². The number of hydrogen-bond donors (Lipinski definition) is 2. The first kappa shape index (κ1) is 16.8. The number of hydrogen-bond acceptors (Lipinski definition) is 5. The minimum absolute atomic E-state index is 0.0135. The van der Waals surface area contributed by atoms with Gasteiger partial charge >= 0.3 is 5.97 Å². The van der Waals surface area contributed by atoms with E-state index in [9.17, 15) is 18.0 Å². The second kappa shape index (κ2) is 7.53. The molecule has 1 heterocycles. The Hall–Kier alpha value is -2.22. The van der Waals surface area contributed by atoms with Crippen LogP contribution in [0.3, 0.4) is 0 Å². The van der Waals surface area contributed by atoms with Crippen molar-refractivity contribution in [3.05, 3.63) is 35.7 Å². The number of carboxylic acid groups (broad SMARTS) is 1. The van der Waals surface area contributed by atoms with Gasteiger partial charge in [0, 0.05) is 25.1 Å². The summed E-state index contributed by atoms with van der Waals surface area (Å²) in [5.74, 6) is -1.46. The van der Waals surface area contributed by atoms with Crippen LogP contribution in [0.1, 0.15) is 22.5 Å². The number of carbonyl (C=O) groups excluding carboxylic acids is 1. The highest BCUT2D eigenvalue weighted by Gasteiger charge is 2.07. The fraction of sp³-hybridized carbons (Fsp3) is 0.308. The first-order valence-corrected chi connectivity index (χ1v) is 8.17. The zero-order valence-electron chi connectivity index (χ0n) is 11.4. The van der Waals surface area contributed by atoms with Gasteiger partial charge in [0.2, 0.25) is 0 Å². The molecule has 0 aliphatic heterocycles. The van der Waals surface area contributed by atoms with E-state index in [0.29, 0.717) is 12.0 Å². The van der Waals surface area contributed by atoms with E-state index in [1.54, 1.807) is 6.07 Å². The summed E-state index contributed by atoms with van der Waals surface area (Å²) in [7, 11) is -3.03. The highest BCUT2D eigenvalue weighted by Crippen LogP contribution is 2.02. The van der Waals surface area contributed by atoms with Crippen LogP contribution in [0.25, 0.3) is 6.08 Å². The molecule has 0 saturated heterocycles. The molecule has 0 aromatic carbocycles. The van der Waals surface area contributed by atoms with Crippen molar-refractivity contribution in [3.63, 3.8) is 0 Å². The molecule has 8 heteroatoms. The normalized spacial score (nSPS) is 11.5. The van der Waals surface area contributed by atoms with E-state index < -0.39 is 21.7 Å². The van der Waals surface area contributed by atoms with Crippen LogP contribution in [0, 0.1) is 0 Å².